The number of rotatable bonds is 2. The zero-order valence-electron chi connectivity index (χ0n) is 15.8. The van der Waals surface area contributed by atoms with Gasteiger partial charge in [0.15, 0.2) is 5.78 Å². The second kappa shape index (κ2) is 5.79. The molecular formula is C24H27NO. The van der Waals surface area contributed by atoms with Gasteiger partial charge in [0.2, 0.25) is 0 Å². The van der Waals surface area contributed by atoms with E-state index in [1.165, 1.54) is 44.3 Å². The second-order valence-electron chi connectivity index (χ2n) is 8.81. The summed E-state index contributed by atoms with van der Waals surface area (Å²) < 4.78 is 0. The van der Waals surface area contributed by atoms with E-state index in [0.717, 1.165) is 23.0 Å². The van der Waals surface area contributed by atoms with Gasteiger partial charge in [0.05, 0.1) is 0 Å². The molecule has 3 aliphatic rings. The number of fused-ring (bicyclic) bond motifs is 2. The van der Waals surface area contributed by atoms with Gasteiger partial charge in [-0.25, -0.2) is 0 Å². The lowest BCUT2D eigenvalue weighted by molar-refractivity contribution is 0.101. The zero-order valence-corrected chi connectivity index (χ0v) is 15.8. The maximum atomic E-state index is 11.7. The van der Waals surface area contributed by atoms with Crippen molar-refractivity contribution < 1.29 is 4.79 Å². The highest BCUT2D eigenvalue weighted by Gasteiger charge is 2.56. The molecule has 0 aromatic heterocycles. The Kier molecular flexibility index (Phi) is 3.62. The summed E-state index contributed by atoms with van der Waals surface area (Å²) in [6.07, 6.45) is 5.31. The average molecular weight is 345 g/mol. The lowest BCUT2D eigenvalue weighted by Gasteiger charge is -2.41. The minimum atomic E-state index is 0.133. The van der Waals surface area contributed by atoms with Crippen molar-refractivity contribution >= 4 is 5.78 Å². The molecule has 5 rings (SSSR count). The third-order valence-electron chi connectivity index (χ3n) is 7.39. The van der Waals surface area contributed by atoms with Crippen LogP contribution in [0.1, 0.15) is 53.6 Å². The normalized spacial score (nSPS) is 29.9. The molecule has 0 amide bonds. The van der Waals surface area contributed by atoms with Crippen LogP contribution < -0.4 is 0 Å². The highest BCUT2D eigenvalue weighted by atomic mass is 16.1. The van der Waals surface area contributed by atoms with E-state index in [4.69, 9.17) is 0 Å². The van der Waals surface area contributed by atoms with E-state index in [2.05, 4.69) is 36.2 Å². The summed E-state index contributed by atoms with van der Waals surface area (Å²) in [5.41, 5.74) is 6.90. The number of benzene rings is 2. The molecule has 2 fully saturated rings. The van der Waals surface area contributed by atoms with Crippen LogP contribution in [0.3, 0.4) is 0 Å². The summed E-state index contributed by atoms with van der Waals surface area (Å²) in [4.78, 5) is 14.3. The lowest BCUT2D eigenvalue weighted by Crippen LogP contribution is -2.36. The van der Waals surface area contributed by atoms with Gasteiger partial charge in [-0.2, -0.15) is 0 Å². The van der Waals surface area contributed by atoms with Gasteiger partial charge < -0.3 is 4.90 Å². The second-order valence-corrected chi connectivity index (χ2v) is 8.81. The maximum absolute atomic E-state index is 11.7. The molecule has 1 saturated carbocycles. The molecule has 26 heavy (non-hydrogen) atoms. The molecular weight excluding hydrogens is 318 g/mol. The van der Waals surface area contributed by atoms with Crippen LogP contribution in [0.25, 0.3) is 11.1 Å². The van der Waals surface area contributed by atoms with E-state index >= 15 is 0 Å². The number of Topliss-reactive ketones (excluding diaryl/α,β-unsaturated/α-hetero) is 1. The van der Waals surface area contributed by atoms with Crippen molar-refractivity contribution in [2.45, 2.75) is 38.5 Å². The molecule has 1 aliphatic heterocycles. The van der Waals surface area contributed by atoms with E-state index in [9.17, 15) is 4.79 Å². The summed E-state index contributed by atoms with van der Waals surface area (Å²) in [5, 5.41) is 0. The Labute approximate surface area is 156 Å². The molecule has 0 radical (unpaired) electrons. The number of aryl methyl sites for hydroxylation is 1. The van der Waals surface area contributed by atoms with Crippen LogP contribution in [0.15, 0.2) is 42.5 Å². The number of likely N-dealkylation sites (tertiary alicyclic amines) is 1. The number of hydrogen-bond donors (Lipinski definition) is 0. The van der Waals surface area contributed by atoms with Crippen molar-refractivity contribution in [1.82, 2.24) is 4.90 Å². The molecule has 3 atom stereocenters. The van der Waals surface area contributed by atoms with Gasteiger partial charge in [-0.1, -0.05) is 36.4 Å². The van der Waals surface area contributed by atoms with Crippen LogP contribution in [0.2, 0.25) is 0 Å². The first-order valence-electron chi connectivity index (χ1n) is 9.99. The lowest BCUT2D eigenvalue weighted by atomic mass is 9.63. The molecule has 1 unspecified atom stereocenters. The van der Waals surface area contributed by atoms with E-state index in [-0.39, 0.29) is 5.78 Å². The Bertz CT molecular complexity index is 886. The fourth-order valence-corrected chi connectivity index (χ4v) is 6.23. The molecule has 2 aromatic carbocycles. The Balaban J connectivity index is 1.52. The van der Waals surface area contributed by atoms with E-state index in [1.54, 1.807) is 18.1 Å². The van der Waals surface area contributed by atoms with Crippen LogP contribution in [-0.4, -0.2) is 30.8 Å². The Morgan fingerprint density at radius 3 is 2.81 bits per heavy atom. The van der Waals surface area contributed by atoms with Crippen LogP contribution >= 0.6 is 0 Å². The van der Waals surface area contributed by atoms with Gasteiger partial charge in [0, 0.05) is 18.7 Å². The first kappa shape index (κ1) is 16.3. The number of carbonyl (C=O) groups is 1. The van der Waals surface area contributed by atoms with Gasteiger partial charge in [-0.3, -0.25) is 4.79 Å². The highest BCUT2D eigenvalue weighted by Crippen LogP contribution is 2.61. The molecule has 1 saturated heterocycles. The molecule has 1 heterocycles. The monoisotopic (exact) mass is 345 g/mol. The largest absolute Gasteiger partial charge is 0.305 e. The first-order valence-corrected chi connectivity index (χ1v) is 9.99. The first-order chi connectivity index (χ1) is 12.6. The third-order valence-corrected chi connectivity index (χ3v) is 7.39. The summed E-state index contributed by atoms with van der Waals surface area (Å²) in [5.74, 6) is 1.78. The molecule has 134 valence electrons. The van der Waals surface area contributed by atoms with E-state index in [0.29, 0.717) is 5.41 Å². The summed E-state index contributed by atoms with van der Waals surface area (Å²) in [6.45, 7) is 4.21. The smallest absolute Gasteiger partial charge is 0.159 e. The van der Waals surface area contributed by atoms with Crippen molar-refractivity contribution in [1.29, 1.82) is 0 Å². The van der Waals surface area contributed by atoms with E-state index < -0.39 is 0 Å². The summed E-state index contributed by atoms with van der Waals surface area (Å²) in [7, 11) is 2.30. The quantitative estimate of drug-likeness (QED) is 0.720. The predicted octanol–water partition coefficient (Wildman–Crippen LogP) is 4.93. The van der Waals surface area contributed by atoms with Gasteiger partial charge in [0.1, 0.15) is 0 Å². The van der Waals surface area contributed by atoms with Crippen LogP contribution in [0.4, 0.5) is 0 Å². The minimum absolute atomic E-state index is 0.133. The maximum Gasteiger partial charge on any atom is 0.159 e. The van der Waals surface area contributed by atoms with Gasteiger partial charge >= 0.3 is 0 Å². The van der Waals surface area contributed by atoms with Gasteiger partial charge in [-0.15, -0.1) is 0 Å². The molecule has 2 aromatic rings. The van der Waals surface area contributed by atoms with Crippen LogP contribution in [-0.2, 0) is 6.42 Å². The fourth-order valence-electron chi connectivity index (χ4n) is 6.23. The molecule has 0 N–H and O–H groups in total. The van der Waals surface area contributed by atoms with Gasteiger partial charge in [0.25, 0.3) is 0 Å². The number of carbonyl (C=O) groups excluding carboxylic acids is 1. The van der Waals surface area contributed by atoms with Crippen LogP contribution in [0.5, 0.6) is 0 Å². The number of nitrogens with zero attached hydrogens (tertiary/aromatic N) is 1. The Hall–Kier alpha value is -1.93. The Morgan fingerprint density at radius 1 is 1.12 bits per heavy atom. The van der Waals surface area contributed by atoms with E-state index in [1.807, 2.05) is 18.2 Å². The predicted molar refractivity (Wildman–Crippen MR) is 106 cm³/mol. The van der Waals surface area contributed by atoms with Crippen molar-refractivity contribution in [3.8, 4) is 11.1 Å². The molecule has 2 nitrogen and oxygen atoms in total. The average Bonchev–Trinajstić information content (AvgIpc) is 3.14. The fraction of sp³-hybridized carbons (Fsp3) is 0.458. The summed E-state index contributed by atoms with van der Waals surface area (Å²) >= 11 is 0. The number of ketones is 1. The minimum Gasteiger partial charge on any atom is -0.305 e. The van der Waals surface area contributed by atoms with Gasteiger partial charge in [-0.05, 0) is 85.2 Å². The van der Waals surface area contributed by atoms with Crippen LogP contribution in [0, 0.1) is 11.3 Å². The third kappa shape index (κ3) is 2.31. The van der Waals surface area contributed by atoms with Crippen molar-refractivity contribution in [2.24, 2.45) is 11.3 Å². The number of hydrogen-bond acceptors (Lipinski definition) is 2. The zero-order chi connectivity index (χ0) is 17.9. The topological polar surface area (TPSA) is 20.3 Å². The standard InChI is InChI=1S/C24H27NO/c1-16(26)17-4-3-5-18(12-17)19-6-8-22-20(13-19)10-11-24-15-25(2)14-21(24)7-9-23(22)24/h3-6,8,12-13,21,23H,7,9-11,14-15H2,1-2H3/t21-,23+,24?/m1/s1. The molecule has 2 heteroatoms. The molecule has 0 bridgehead atoms. The van der Waals surface area contributed by atoms with Crippen molar-refractivity contribution in [3.05, 3.63) is 59.2 Å². The SMILES string of the molecule is CC(=O)c1cccc(-c2ccc3c(c2)CCC24CN(C)C[C@H]2CC[C@@H]34)c1. The Morgan fingerprint density at radius 2 is 1.96 bits per heavy atom. The highest BCUT2D eigenvalue weighted by molar-refractivity contribution is 5.95. The molecule has 1 spiro atoms. The molecule has 2 aliphatic carbocycles. The van der Waals surface area contributed by atoms with Crippen molar-refractivity contribution in [2.75, 3.05) is 20.1 Å². The summed E-state index contributed by atoms with van der Waals surface area (Å²) in [6, 6.07) is 15.1. The van der Waals surface area contributed by atoms with Crippen molar-refractivity contribution in [3.63, 3.8) is 0 Å².